The maximum absolute atomic E-state index is 12.6. The molecule has 0 aromatic carbocycles. The molecule has 19 heavy (non-hydrogen) atoms. The van der Waals surface area contributed by atoms with Crippen molar-refractivity contribution in [2.75, 3.05) is 7.05 Å². The third kappa shape index (κ3) is 2.85. The Morgan fingerprint density at radius 3 is 2.53 bits per heavy atom. The molecular formula is C13H23N3O2S. The van der Waals surface area contributed by atoms with Crippen molar-refractivity contribution in [3.63, 3.8) is 0 Å². The Labute approximate surface area is 115 Å². The highest BCUT2D eigenvalue weighted by Crippen LogP contribution is 2.27. The van der Waals surface area contributed by atoms with Gasteiger partial charge in [0.25, 0.3) is 0 Å². The lowest BCUT2D eigenvalue weighted by molar-refractivity contribution is 0.286. The van der Waals surface area contributed by atoms with Crippen LogP contribution in [0.15, 0.2) is 17.2 Å². The van der Waals surface area contributed by atoms with Crippen LogP contribution in [-0.4, -0.2) is 30.4 Å². The van der Waals surface area contributed by atoms with Crippen molar-refractivity contribution in [1.29, 1.82) is 0 Å². The molecule has 0 saturated heterocycles. The zero-order chi connectivity index (χ0) is 14.0. The summed E-state index contributed by atoms with van der Waals surface area (Å²) in [6.07, 6.45) is 7.03. The van der Waals surface area contributed by atoms with E-state index in [0.717, 1.165) is 31.4 Å². The fourth-order valence-electron chi connectivity index (χ4n) is 2.73. The minimum absolute atomic E-state index is 0.139. The summed E-state index contributed by atoms with van der Waals surface area (Å²) in [5.41, 5.74) is 6.43. The van der Waals surface area contributed by atoms with Crippen LogP contribution in [0.5, 0.6) is 0 Å². The first-order chi connectivity index (χ1) is 8.96. The maximum atomic E-state index is 12.6. The molecule has 1 aliphatic carbocycles. The Hall–Kier alpha value is -0.850. The fourth-order valence-corrected chi connectivity index (χ4v) is 4.24. The van der Waals surface area contributed by atoms with Crippen molar-refractivity contribution in [3.05, 3.63) is 18.0 Å². The molecule has 5 nitrogen and oxygen atoms in total. The van der Waals surface area contributed by atoms with Gasteiger partial charge in [0, 0.05) is 38.6 Å². The van der Waals surface area contributed by atoms with Gasteiger partial charge in [-0.05, 0) is 18.9 Å². The van der Waals surface area contributed by atoms with Gasteiger partial charge in [0.2, 0.25) is 10.0 Å². The van der Waals surface area contributed by atoms with E-state index in [1.807, 2.05) is 7.05 Å². The second kappa shape index (κ2) is 5.64. The van der Waals surface area contributed by atoms with Gasteiger partial charge < -0.3 is 10.3 Å². The van der Waals surface area contributed by atoms with Crippen molar-refractivity contribution in [1.82, 2.24) is 8.87 Å². The van der Waals surface area contributed by atoms with E-state index in [0.29, 0.717) is 11.4 Å². The first kappa shape index (κ1) is 14.6. The smallest absolute Gasteiger partial charge is 0.244 e. The molecule has 0 bridgehead atoms. The third-order valence-corrected chi connectivity index (χ3v) is 5.93. The van der Waals surface area contributed by atoms with Gasteiger partial charge in [-0.2, -0.15) is 4.31 Å². The normalized spacial score (nSPS) is 18.1. The molecule has 1 aliphatic rings. The van der Waals surface area contributed by atoms with Crippen LogP contribution in [-0.2, 0) is 23.6 Å². The van der Waals surface area contributed by atoms with E-state index < -0.39 is 10.0 Å². The number of aryl methyl sites for hydroxylation is 1. The first-order valence-electron chi connectivity index (χ1n) is 6.80. The van der Waals surface area contributed by atoms with Crippen LogP contribution >= 0.6 is 0 Å². The van der Waals surface area contributed by atoms with E-state index in [-0.39, 0.29) is 6.04 Å². The highest BCUT2D eigenvalue weighted by molar-refractivity contribution is 7.89. The molecule has 0 unspecified atom stereocenters. The average molecular weight is 285 g/mol. The summed E-state index contributed by atoms with van der Waals surface area (Å²) < 4.78 is 28.5. The van der Waals surface area contributed by atoms with Crippen LogP contribution in [0.25, 0.3) is 0 Å². The van der Waals surface area contributed by atoms with Crippen molar-refractivity contribution in [2.45, 2.75) is 49.6 Å². The molecule has 0 spiro atoms. The molecule has 1 saturated carbocycles. The lowest BCUT2D eigenvalue weighted by Crippen LogP contribution is -2.38. The summed E-state index contributed by atoms with van der Waals surface area (Å²) in [4.78, 5) is 0.350. The number of hydrogen-bond donors (Lipinski definition) is 1. The Balaban J connectivity index is 2.24. The van der Waals surface area contributed by atoms with E-state index in [1.165, 1.54) is 6.42 Å². The quantitative estimate of drug-likeness (QED) is 0.910. The Morgan fingerprint density at radius 1 is 1.37 bits per heavy atom. The van der Waals surface area contributed by atoms with E-state index in [4.69, 9.17) is 5.73 Å². The molecule has 6 heteroatoms. The average Bonchev–Trinajstić information content (AvgIpc) is 2.81. The molecule has 2 N–H and O–H groups in total. The number of rotatable bonds is 4. The minimum atomic E-state index is -3.39. The molecule has 1 aromatic rings. The van der Waals surface area contributed by atoms with Crippen LogP contribution < -0.4 is 5.73 Å². The predicted octanol–water partition coefficient (Wildman–Crippen LogP) is 1.44. The second-order valence-electron chi connectivity index (χ2n) is 5.30. The van der Waals surface area contributed by atoms with E-state index in [9.17, 15) is 8.42 Å². The maximum Gasteiger partial charge on any atom is 0.244 e. The third-order valence-electron chi connectivity index (χ3n) is 4.06. The topological polar surface area (TPSA) is 68.3 Å². The number of sulfonamides is 1. The van der Waals surface area contributed by atoms with Gasteiger partial charge in [-0.15, -0.1) is 0 Å². The van der Waals surface area contributed by atoms with Crippen LogP contribution in [0, 0.1) is 0 Å². The van der Waals surface area contributed by atoms with Gasteiger partial charge in [0.1, 0.15) is 4.90 Å². The number of aromatic nitrogens is 1. The van der Waals surface area contributed by atoms with Crippen LogP contribution in [0.3, 0.4) is 0 Å². The zero-order valence-corrected chi connectivity index (χ0v) is 12.5. The van der Waals surface area contributed by atoms with Gasteiger partial charge in [-0.3, -0.25) is 0 Å². The van der Waals surface area contributed by atoms with Gasteiger partial charge in [-0.25, -0.2) is 8.42 Å². The number of nitrogens with two attached hydrogens (primary N) is 1. The molecule has 2 rings (SSSR count). The number of hydrogen-bond acceptors (Lipinski definition) is 3. The molecule has 108 valence electrons. The van der Waals surface area contributed by atoms with Crippen molar-refractivity contribution < 1.29 is 8.42 Å². The van der Waals surface area contributed by atoms with Crippen LogP contribution in [0.1, 0.15) is 37.8 Å². The summed E-state index contributed by atoms with van der Waals surface area (Å²) >= 11 is 0. The van der Waals surface area contributed by atoms with Gasteiger partial charge in [0.15, 0.2) is 0 Å². The SMILES string of the molecule is CN(C1CCCCC1)S(=O)(=O)c1cc(CN)n(C)c1. The standard InChI is InChI=1S/C13H23N3O2S/c1-15-10-13(8-12(15)9-14)19(17,18)16(2)11-6-4-3-5-7-11/h8,10-11H,3-7,9,14H2,1-2H3. The van der Waals surface area contributed by atoms with Crippen molar-refractivity contribution in [3.8, 4) is 0 Å². The fraction of sp³-hybridized carbons (Fsp3) is 0.692. The molecule has 1 aromatic heterocycles. The van der Waals surface area contributed by atoms with Gasteiger partial charge in [0.05, 0.1) is 0 Å². The minimum Gasteiger partial charge on any atom is -0.352 e. The Kier molecular flexibility index (Phi) is 4.32. The molecule has 1 heterocycles. The zero-order valence-electron chi connectivity index (χ0n) is 11.7. The van der Waals surface area contributed by atoms with Crippen LogP contribution in [0.2, 0.25) is 0 Å². The lowest BCUT2D eigenvalue weighted by atomic mass is 9.96. The lowest BCUT2D eigenvalue weighted by Gasteiger charge is -2.30. The monoisotopic (exact) mass is 285 g/mol. The molecule has 0 aliphatic heterocycles. The molecular weight excluding hydrogens is 262 g/mol. The van der Waals surface area contributed by atoms with Gasteiger partial charge >= 0.3 is 0 Å². The predicted molar refractivity (Wildman–Crippen MR) is 75.1 cm³/mol. The van der Waals surface area contributed by atoms with E-state index >= 15 is 0 Å². The number of nitrogens with zero attached hydrogens (tertiary/aromatic N) is 2. The van der Waals surface area contributed by atoms with E-state index in [1.54, 1.807) is 28.2 Å². The van der Waals surface area contributed by atoms with Crippen LogP contribution in [0.4, 0.5) is 0 Å². The van der Waals surface area contributed by atoms with E-state index in [2.05, 4.69) is 0 Å². The highest BCUT2D eigenvalue weighted by Gasteiger charge is 2.29. The molecule has 1 fully saturated rings. The molecule has 0 radical (unpaired) electrons. The molecule has 0 atom stereocenters. The summed E-state index contributed by atoms with van der Waals surface area (Å²) in [5, 5.41) is 0. The van der Waals surface area contributed by atoms with Gasteiger partial charge in [-0.1, -0.05) is 19.3 Å². The summed E-state index contributed by atoms with van der Waals surface area (Å²) in [7, 11) is 0.123. The molecule has 0 amide bonds. The van der Waals surface area contributed by atoms with Crippen molar-refractivity contribution in [2.24, 2.45) is 12.8 Å². The summed E-state index contributed by atoms with van der Waals surface area (Å²) in [6, 6.07) is 1.81. The summed E-state index contributed by atoms with van der Waals surface area (Å²) in [6.45, 7) is 0.346. The second-order valence-corrected chi connectivity index (χ2v) is 7.29. The highest BCUT2D eigenvalue weighted by atomic mass is 32.2. The largest absolute Gasteiger partial charge is 0.352 e. The Bertz CT molecular complexity index is 530. The Morgan fingerprint density at radius 2 is 2.00 bits per heavy atom. The van der Waals surface area contributed by atoms with Crippen molar-refractivity contribution >= 4 is 10.0 Å². The summed E-state index contributed by atoms with van der Waals surface area (Å²) in [5.74, 6) is 0. The first-order valence-corrected chi connectivity index (χ1v) is 8.24.